The summed E-state index contributed by atoms with van der Waals surface area (Å²) in [7, 11) is 0. The van der Waals surface area contributed by atoms with Crippen LogP contribution in [0.1, 0.15) is 21.5 Å². The third-order valence-electron chi connectivity index (χ3n) is 2.82. The van der Waals surface area contributed by atoms with Crippen LogP contribution < -0.4 is 5.32 Å². The maximum atomic E-state index is 11.8. The van der Waals surface area contributed by atoms with Crippen molar-refractivity contribution in [1.82, 2.24) is 5.32 Å². The fourth-order valence-corrected chi connectivity index (χ4v) is 1.76. The van der Waals surface area contributed by atoms with Gasteiger partial charge in [0.05, 0.1) is 11.6 Å². The first-order valence-corrected chi connectivity index (χ1v) is 6.12. The molecule has 19 heavy (non-hydrogen) atoms. The molecule has 0 bridgehead atoms. The predicted molar refractivity (Wildman–Crippen MR) is 73.6 cm³/mol. The predicted octanol–water partition coefficient (Wildman–Crippen LogP) is 2.53. The van der Waals surface area contributed by atoms with Crippen LogP contribution in [0.5, 0.6) is 0 Å². The van der Waals surface area contributed by atoms with Crippen molar-refractivity contribution in [2.45, 2.75) is 6.42 Å². The molecule has 2 rings (SSSR count). The Balaban J connectivity index is 1.86. The van der Waals surface area contributed by atoms with Gasteiger partial charge in [0.25, 0.3) is 5.91 Å². The molecule has 2 aromatic carbocycles. The molecule has 94 valence electrons. The Kier molecular flexibility index (Phi) is 4.30. The van der Waals surface area contributed by atoms with Gasteiger partial charge in [-0.3, -0.25) is 4.79 Å². The van der Waals surface area contributed by atoms with Crippen LogP contribution in [0.4, 0.5) is 0 Å². The third kappa shape index (κ3) is 3.68. The van der Waals surface area contributed by atoms with Crippen LogP contribution >= 0.6 is 0 Å². The van der Waals surface area contributed by atoms with E-state index >= 15 is 0 Å². The highest BCUT2D eigenvalue weighted by Crippen LogP contribution is 2.03. The van der Waals surface area contributed by atoms with Crippen molar-refractivity contribution >= 4 is 5.91 Å². The summed E-state index contributed by atoms with van der Waals surface area (Å²) in [4.78, 5) is 11.8. The molecule has 1 N–H and O–H groups in total. The lowest BCUT2D eigenvalue weighted by molar-refractivity contribution is 0.0954. The van der Waals surface area contributed by atoms with E-state index in [2.05, 4.69) is 5.32 Å². The van der Waals surface area contributed by atoms with Gasteiger partial charge in [0, 0.05) is 12.1 Å². The van der Waals surface area contributed by atoms with Crippen LogP contribution in [-0.2, 0) is 6.42 Å². The molecule has 0 aromatic heterocycles. The number of carbonyl (C=O) groups excluding carboxylic acids is 1. The zero-order chi connectivity index (χ0) is 13.5. The summed E-state index contributed by atoms with van der Waals surface area (Å²) in [6.45, 7) is 0.600. The SMILES string of the molecule is N#Cc1ccc(C(=O)NCCc2ccccc2)cc1. The second kappa shape index (κ2) is 6.36. The molecule has 0 spiro atoms. The zero-order valence-electron chi connectivity index (χ0n) is 10.5. The summed E-state index contributed by atoms with van der Waals surface area (Å²) in [5.41, 5.74) is 2.33. The van der Waals surface area contributed by atoms with Gasteiger partial charge >= 0.3 is 0 Å². The monoisotopic (exact) mass is 250 g/mol. The first-order chi connectivity index (χ1) is 9.29. The van der Waals surface area contributed by atoms with E-state index in [1.165, 1.54) is 5.56 Å². The number of benzene rings is 2. The summed E-state index contributed by atoms with van der Waals surface area (Å²) in [5, 5.41) is 11.5. The molecule has 3 nitrogen and oxygen atoms in total. The van der Waals surface area contributed by atoms with Gasteiger partial charge in [0.1, 0.15) is 0 Å². The van der Waals surface area contributed by atoms with Gasteiger partial charge in [0.2, 0.25) is 0 Å². The minimum absolute atomic E-state index is 0.111. The normalized spacial score (nSPS) is 9.63. The highest BCUT2D eigenvalue weighted by molar-refractivity contribution is 5.94. The molecule has 0 aliphatic heterocycles. The minimum atomic E-state index is -0.111. The highest BCUT2D eigenvalue weighted by Gasteiger charge is 2.04. The average Bonchev–Trinajstić information content (AvgIpc) is 2.48. The Labute approximate surface area is 112 Å². The molecule has 0 aliphatic carbocycles. The largest absolute Gasteiger partial charge is 0.352 e. The van der Waals surface area contributed by atoms with E-state index in [0.29, 0.717) is 17.7 Å². The summed E-state index contributed by atoms with van der Waals surface area (Å²) >= 11 is 0. The zero-order valence-corrected chi connectivity index (χ0v) is 10.5. The molecular formula is C16H14N2O. The van der Waals surface area contributed by atoms with Crippen molar-refractivity contribution in [3.63, 3.8) is 0 Å². The summed E-state index contributed by atoms with van der Waals surface area (Å²) in [5.74, 6) is -0.111. The van der Waals surface area contributed by atoms with E-state index < -0.39 is 0 Å². The van der Waals surface area contributed by atoms with E-state index in [1.54, 1.807) is 24.3 Å². The Morgan fingerprint density at radius 3 is 2.37 bits per heavy atom. The van der Waals surface area contributed by atoms with Crippen molar-refractivity contribution in [3.05, 3.63) is 71.3 Å². The summed E-state index contributed by atoms with van der Waals surface area (Å²) < 4.78 is 0. The summed E-state index contributed by atoms with van der Waals surface area (Å²) in [6.07, 6.45) is 0.808. The van der Waals surface area contributed by atoms with Crippen LogP contribution in [0.2, 0.25) is 0 Å². The minimum Gasteiger partial charge on any atom is -0.352 e. The Hall–Kier alpha value is -2.60. The molecule has 3 heteroatoms. The molecular weight excluding hydrogens is 236 g/mol. The molecule has 0 fully saturated rings. The lowest BCUT2D eigenvalue weighted by Gasteiger charge is -2.05. The first-order valence-electron chi connectivity index (χ1n) is 6.12. The molecule has 2 aromatic rings. The molecule has 0 unspecified atom stereocenters. The van der Waals surface area contributed by atoms with Crippen molar-refractivity contribution in [2.24, 2.45) is 0 Å². The van der Waals surface area contributed by atoms with E-state index in [9.17, 15) is 4.79 Å². The number of rotatable bonds is 4. The van der Waals surface area contributed by atoms with Gasteiger partial charge in [-0.05, 0) is 36.2 Å². The maximum Gasteiger partial charge on any atom is 0.251 e. The number of nitrogens with one attached hydrogen (secondary N) is 1. The quantitative estimate of drug-likeness (QED) is 0.906. The van der Waals surface area contributed by atoms with Gasteiger partial charge in [-0.15, -0.1) is 0 Å². The third-order valence-corrected chi connectivity index (χ3v) is 2.82. The lowest BCUT2D eigenvalue weighted by Crippen LogP contribution is -2.25. The Morgan fingerprint density at radius 2 is 1.74 bits per heavy atom. The number of carbonyl (C=O) groups is 1. The number of hydrogen-bond acceptors (Lipinski definition) is 2. The standard InChI is InChI=1S/C16H14N2O/c17-12-14-6-8-15(9-7-14)16(19)18-11-10-13-4-2-1-3-5-13/h1-9H,10-11H2,(H,18,19). The molecule has 0 saturated carbocycles. The fraction of sp³-hybridized carbons (Fsp3) is 0.125. The van der Waals surface area contributed by atoms with Crippen molar-refractivity contribution in [3.8, 4) is 6.07 Å². The van der Waals surface area contributed by atoms with E-state index in [1.807, 2.05) is 36.4 Å². The van der Waals surface area contributed by atoms with E-state index in [0.717, 1.165) is 6.42 Å². The van der Waals surface area contributed by atoms with Crippen molar-refractivity contribution in [1.29, 1.82) is 5.26 Å². The van der Waals surface area contributed by atoms with Crippen molar-refractivity contribution < 1.29 is 4.79 Å². The molecule has 0 saturated heterocycles. The van der Waals surface area contributed by atoms with Crippen LogP contribution in [0.15, 0.2) is 54.6 Å². The lowest BCUT2D eigenvalue weighted by atomic mass is 10.1. The van der Waals surface area contributed by atoms with Gasteiger partial charge in [-0.2, -0.15) is 5.26 Å². The maximum absolute atomic E-state index is 11.8. The first kappa shape index (κ1) is 12.8. The molecule has 0 radical (unpaired) electrons. The molecule has 0 heterocycles. The van der Waals surface area contributed by atoms with E-state index in [4.69, 9.17) is 5.26 Å². The molecule has 0 atom stereocenters. The Morgan fingerprint density at radius 1 is 1.05 bits per heavy atom. The van der Waals surface area contributed by atoms with E-state index in [-0.39, 0.29) is 5.91 Å². The van der Waals surface area contributed by atoms with Crippen molar-refractivity contribution in [2.75, 3.05) is 6.54 Å². The molecule has 0 aliphatic rings. The topological polar surface area (TPSA) is 52.9 Å². The number of nitrogens with zero attached hydrogens (tertiary/aromatic N) is 1. The average molecular weight is 250 g/mol. The second-order valence-electron chi connectivity index (χ2n) is 4.18. The number of hydrogen-bond donors (Lipinski definition) is 1. The molecule has 1 amide bonds. The van der Waals surface area contributed by atoms with Crippen LogP contribution in [0.3, 0.4) is 0 Å². The second-order valence-corrected chi connectivity index (χ2v) is 4.18. The Bertz CT molecular complexity index is 582. The van der Waals surface area contributed by atoms with Gasteiger partial charge in [-0.25, -0.2) is 0 Å². The van der Waals surface area contributed by atoms with Gasteiger partial charge < -0.3 is 5.32 Å². The smallest absolute Gasteiger partial charge is 0.251 e. The van der Waals surface area contributed by atoms with Crippen LogP contribution in [0.25, 0.3) is 0 Å². The van der Waals surface area contributed by atoms with Crippen LogP contribution in [-0.4, -0.2) is 12.5 Å². The number of amides is 1. The highest BCUT2D eigenvalue weighted by atomic mass is 16.1. The summed E-state index contributed by atoms with van der Waals surface area (Å²) in [6, 6.07) is 18.7. The van der Waals surface area contributed by atoms with Gasteiger partial charge in [0.15, 0.2) is 0 Å². The number of nitriles is 1. The van der Waals surface area contributed by atoms with Crippen LogP contribution in [0, 0.1) is 11.3 Å². The fourth-order valence-electron chi connectivity index (χ4n) is 1.76. The van der Waals surface area contributed by atoms with Gasteiger partial charge in [-0.1, -0.05) is 30.3 Å².